The van der Waals surface area contributed by atoms with Crippen LogP contribution in [-0.4, -0.2) is 48.5 Å². The predicted octanol–water partition coefficient (Wildman–Crippen LogP) is 2.67. The van der Waals surface area contributed by atoms with Crippen molar-refractivity contribution in [2.45, 2.75) is 13.3 Å². The van der Waals surface area contributed by atoms with Gasteiger partial charge in [-0.2, -0.15) is 0 Å². The van der Waals surface area contributed by atoms with Gasteiger partial charge in [-0.25, -0.2) is 4.79 Å². The third kappa shape index (κ3) is 5.31. The van der Waals surface area contributed by atoms with Crippen LogP contribution in [0.3, 0.4) is 0 Å². The Balaban J connectivity index is 2.17. The van der Waals surface area contributed by atoms with Crippen LogP contribution in [0.4, 0.5) is 5.69 Å². The van der Waals surface area contributed by atoms with Gasteiger partial charge in [0.15, 0.2) is 0 Å². The Kier molecular flexibility index (Phi) is 6.54. The van der Waals surface area contributed by atoms with Crippen molar-refractivity contribution in [2.75, 3.05) is 26.0 Å². The number of benzene rings is 2. The van der Waals surface area contributed by atoms with Crippen LogP contribution >= 0.6 is 0 Å². The fourth-order valence-corrected chi connectivity index (χ4v) is 2.49. The molecule has 2 aromatic rings. The summed E-state index contributed by atoms with van der Waals surface area (Å²) in [4.78, 5) is 36.9. The highest BCUT2D eigenvalue weighted by Gasteiger charge is 2.14. The molecule has 0 saturated heterocycles. The van der Waals surface area contributed by atoms with Crippen LogP contribution in [0.15, 0.2) is 42.5 Å². The Morgan fingerprint density at radius 1 is 1.07 bits per heavy atom. The zero-order valence-corrected chi connectivity index (χ0v) is 15.5. The molecule has 0 aliphatic carbocycles. The van der Waals surface area contributed by atoms with Gasteiger partial charge in [-0.3, -0.25) is 9.59 Å². The fraction of sp³-hybridized carbons (Fsp3) is 0.250. The summed E-state index contributed by atoms with van der Waals surface area (Å²) in [7, 11) is 3.31. The van der Waals surface area contributed by atoms with Crippen molar-refractivity contribution in [1.29, 1.82) is 0 Å². The summed E-state index contributed by atoms with van der Waals surface area (Å²) < 4.78 is 5.55. The van der Waals surface area contributed by atoms with E-state index in [9.17, 15) is 14.4 Å². The van der Waals surface area contributed by atoms with Gasteiger partial charge < -0.3 is 20.1 Å². The first-order chi connectivity index (χ1) is 12.8. The van der Waals surface area contributed by atoms with Gasteiger partial charge in [0.25, 0.3) is 5.91 Å². The largest absolute Gasteiger partial charge is 0.492 e. The Labute approximate surface area is 157 Å². The van der Waals surface area contributed by atoms with Gasteiger partial charge in [-0.1, -0.05) is 12.1 Å². The smallest absolute Gasteiger partial charge is 0.335 e. The molecule has 0 aromatic heterocycles. The molecular weight excluding hydrogens is 348 g/mol. The maximum atomic E-state index is 12.4. The van der Waals surface area contributed by atoms with Crippen molar-refractivity contribution in [2.24, 2.45) is 0 Å². The highest BCUT2D eigenvalue weighted by molar-refractivity contribution is 5.97. The van der Waals surface area contributed by atoms with Gasteiger partial charge >= 0.3 is 5.97 Å². The molecule has 0 aliphatic rings. The quantitative estimate of drug-likeness (QED) is 0.781. The molecule has 0 radical (unpaired) electrons. The lowest BCUT2D eigenvalue weighted by atomic mass is 10.1. The molecule has 7 heteroatoms. The van der Waals surface area contributed by atoms with Crippen LogP contribution < -0.4 is 10.1 Å². The summed E-state index contributed by atoms with van der Waals surface area (Å²) in [6.45, 7) is 2.19. The van der Waals surface area contributed by atoms with E-state index in [1.807, 2.05) is 6.92 Å². The second kappa shape index (κ2) is 8.84. The number of amides is 2. The first kappa shape index (κ1) is 20.0. The maximum absolute atomic E-state index is 12.4. The molecule has 2 rings (SSSR count). The molecular formula is C20H22N2O5. The van der Waals surface area contributed by atoms with E-state index in [4.69, 9.17) is 9.84 Å². The standard InChI is InChI=1S/C20H22N2O5/c1-4-27-17-12-14(19(24)22(2)3)8-9-16(17)21-18(23)11-13-6-5-7-15(10-13)20(25)26/h5-10,12H,4,11H2,1-3H3,(H,21,23)(H,25,26). The molecule has 2 amide bonds. The van der Waals surface area contributed by atoms with E-state index in [1.54, 1.807) is 44.4 Å². The third-order valence-electron chi connectivity index (χ3n) is 3.75. The van der Waals surface area contributed by atoms with Gasteiger partial charge in [0.2, 0.25) is 5.91 Å². The molecule has 142 valence electrons. The minimum Gasteiger partial charge on any atom is -0.492 e. The van der Waals surface area contributed by atoms with Crippen LogP contribution in [0.2, 0.25) is 0 Å². The van der Waals surface area contributed by atoms with Gasteiger partial charge in [0.1, 0.15) is 5.75 Å². The number of hydrogen-bond donors (Lipinski definition) is 2. The highest BCUT2D eigenvalue weighted by Crippen LogP contribution is 2.27. The number of anilines is 1. The maximum Gasteiger partial charge on any atom is 0.335 e. The lowest BCUT2D eigenvalue weighted by Crippen LogP contribution is -2.22. The number of hydrogen-bond acceptors (Lipinski definition) is 4. The topological polar surface area (TPSA) is 95.9 Å². The Morgan fingerprint density at radius 3 is 2.44 bits per heavy atom. The molecule has 27 heavy (non-hydrogen) atoms. The number of carboxylic acid groups (broad SMARTS) is 1. The number of carbonyl (C=O) groups is 3. The fourth-order valence-electron chi connectivity index (χ4n) is 2.49. The number of ether oxygens (including phenoxy) is 1. The Hall–Kier alpha value is -3.35. The minimum atomic E-state index is -1.04. The van der Waals surface area contributed by atoms with E-state index in [1.165, 1.54) is 17.0 Å². The SMILES string of the molecule is CCOc1cc(C(=O)N(C)C)ccc1NC(=O)Cc1cccc(C(=O)O)c1. The molecule has 2 aromatic carbocycles. The third-order valence-corrected chi connectivity index (χ3v) is 3.75. The second-order valence-electron chi connectivity index (χ2n) is 6.07. The van der Waals surface area contributed by atoms with Crippen molar-refractivity contribution < 1.29 is 24.2 Å². The molecule has 0 bridgehead atoms. The molecule has 0 fully saturated rings. The normalized spacial score (nSPS) is 10.2. The number of nitrogens with one attached hydrogen (secondary N) is 1. The van der Waals surface area contributed by atoms with Crippen LogP contribution in [0, 0.1) is 0 Å². The number of aromatic carboxylic acids is 1. The molecule has 2 N–H and O–H groups in total. The zero-order valence-electron chi connectivity index (χ0n) is 15.5. The molecule has 0 saturated carbocycles. The van der Waals surface area contributed by atoms with E-state index in [0.717, 1.165) is 0 Å². The van der Waals surface area contributed by atoms with Crippen molar-refractivity contribution in [3.63, 3.8) is 0 Å². The van der Waals surface area contributed by atoms with Crippen molar-refractivity contribution >= 4 is 23.5 Å². The number of nitrogens with zero attached hydrogens (tertiary/aromatic N) is 1. The van der Waals surface area contributed by atoms with Gasteiger partial charge in [-0.15, -0.1) is 0 Å². The number of carboxylic acids is 1. The number of carbonyl (C=O) groups excluding carboxylic acids is 2. The molecule has 0 spiro atoms. The zero-order chi connectivity index (χ0) is 20.0. The Morgan fingerprint density at radius 2 is 1.81 bits per heavy atom. The monoisotopic (exact) mass is 370 g/mol. The summed E-state index contributed by atoms with van der Waals surface area (Å²) in [6.07, 6.45) is 0.0189. The summed E-state index contributed by atoms with van der Waals surface area (Å²) in [5.74, 6) is -1.13. The highest BCUT2D eigenvalue weighted by atomic mass is 16.5. The minimum absolute atomic E-state index is 0.0189. The lowest BCUT2D eigenvalue weighted by Gasteiger charge is -2.15. The van der Waals surface area contributed by atoms with Crippen LogP contribution in [0.25, 0.3) is 0 Å². The van der Waals surface area contributed by atoms with E-state index < -0.39 is 5.97 Å². The molecule has 0 aliphatic heterocycles. The predicted molar refractivity (Wildman–Crippen MR) is 101 cm³/mol. The lowest BCUT2D eigenvalue weighted by molar-refractivity contribution is -0.115. The van der Waals surface area contributed by atoms with Crippen LogP contribution in [0.5, 0.6) is 5.75 Å². The average molecular weight is 370 g/mol. The average Bonchev–Trinajstić information content (AvgIpc) is 2.62. The summed E-state index contributed by atoms with van der Waals surface area (Å²) in [5.41, 5.74) is 1.62. The van der Waals surface area contributed by atoms with E-state index in [-0.39, 0.29) is 23.8 Å². The summed E-state index contributed by atoms with van der Waals surface area (Å²) in [6, 6.07) is 11.0. The first-order valence-corrected chi connectivity index (χ1v) is 8.42. The van der Waals surface area contributed by atoms with Gasteiger partial charge in [0, 0.05) is 19.7 Å². The van der Waals surface area contributed by atoms with Gasteiger partial charge in [-0.05, 0) is 42.8 Å². The van der Waals surface area contributed by atoms with E-state index in [2.05, 4.69) is 5.32 Å². The molecule has 0 unspecified atom stereocenters. The second-order valence-corrected chi connectivity index (χ2v) is 6.07. The Bertz CT molecular complexity index is 861. The molecule has 7 nitrogen and oxygen atoms in total. The van der Waals surface area contributed by atoms with Crippen LogP contribution in [0.1, 0.15) is 33.2 Å². The number of rotatable bonds is 7. The summed E-state index contributed by atoms with van der Waals surface area (Å²) >= 11 is 0. The van der Waals surface area contributed by atoms with Crippen LogP contribution in [-0.2, 0) is 11.2 Å². The van der Waals surface area contributed by atoms with Crippen molar-refractivity contribution in [1.82, 2.24) is 4.90 Å². The molecule has 0 atom stereocenters. The van der Waals surface area contributed by atoms with Crippen molar-refractivity contribution in [3.8, 4) is 5.75 Å². The van der Waals surface area contributed by atoms with Gasteiger partial charge in [0.05, 0.1) is 24.3 Å². The first-order valence-electron chi connectivity index (χ1n) is 8.42. The van der Waals surface area contributed by atoms with E-state index in [0.29, 0.717) is 29.2 Å². The summed E-state index contributed by atoms with van der Waals surface area (Å²) in [5, 5.41) is 11.8. The molecule has 0 heterocycles. The van der Waals surface area contributed by atoms with Crippen molar-refractivity contribution in [3.05, 3.63) is 59.2 Å². The van der Waals surface area contributed by atoms with E-state index >= 15 is 0 Å².